The molecule has 0 aromatic rings. The minimum Gasteiger partial charge on any atom is -0.479 e. The van der Waals surface area contributed by atoms with Crippen molar-refractivity contribution in [2.24, 2.45) is 0 Å². The van der Waals surface area contributed by atoms with E-state index in [1.54, 1.807) is 0 Å². The van der Waals surface area contributed by atoms with Crippen LogP contribution in [0.3, 0.4) is 0 Å². The minimum atomic E-state index is -1.43. The maximum absolute atomic E-state index is 10.2. The molecule has 0 bridgehead atoms. The van der Waals surface area contributed by atoms with Gasteiger partial charge < -0.3 is 10.2 Å². The third-order valence-electron chi connectivity index (χ3n) is 1.68. The molecule has 0 aromatic heterocycles. The maximum Gasteiger partial charge on any atom is 0.334 e. The van der Waals surface area contributed by atoms with Gasteiger partial charge >= 0.3 is 5.97 Å². The highest BCUT2D eigenvalue weighted by molar-refractivity contribution is 6.22. The molecule has 0 saturated heterocycles. The number of unbranched alkanes of at least 4 members (excludes halogenated alkanes) is 2. The smallest absolute Gasteiger partial charge is 0.334 e. The summed E-state index contributed by atoms with van der Waals surface area (Å²) in [6, 6.07) is 0. The van der Waals surface area contributed by atoms with Gasteiger partial charge in [0, 0.05) is 0 Å². The van der Waals surface area contributed by atoms with Crippen LogP contribution in [0.25, 0.3) is 0 Å². The molecule has 0 rings (SSSR count). The molecule has 4 heteroatoms. The monoisotopic (exact) mass is 194 g/mol. The highest BCUT2D eigenvalue weighted by atomic mass is 35.5. The molecule has 72 valence electrons. The summed E-state index contributed by atoms with van der Waals surface area (Å²) in [5.74, 6) is -1.24. The number of aliphatic hydroxyl groups excluding tert-OH is 1. The van der Waals surface area contributed by atoms with Gasteiger partial charge in [-0.1, -0.05) is 26.2 Å². The number of hydrogen-bond donors (Lipinski definition) is 2. The van der Waals surface area contributed by atoms with E-state index in [-0.39, 0.29) is 0 Å². The van der Waals surface area contributed by atoms with Crippen LogP contribution < -0.4 is 0 Å². The van der Waals surface area contributed by atoms with Gasteiger partial charge in [-0.2, -0.15) is 0 Å². The molecule has 0 amide bonds. The van der Waals surface area contributed by atoms with E-state index in [0.717, 1.165) is 19.3 Å². The summed E-state index contributed by atoms with van der Waals surface area (Å²) in [5, 5.41) is 16.7. The topological polar surface area (TPSA) is 57.5 Å². The standard InChI is InChI=1S/C8H15ClO3/c1-2-3-4-5-6(9)7(10)8(11)12/h6-7,10H,2-5H2,1H3,(H,11,12)/t6?,7-/m0/s1. The maximum atomic E-state index is 10.2. The summed E-state index contributed by atoms with van der Waals surface area (Å²) in [6.45, 7) is 2.05. The molecule has 12 heavy (non-hydrogen) atoms. The van der Waals surface area contributed by atoms with Crippen LogP contribution >= 0.6 is 11.6 Å². The molecule has 0 heterocycles. The lowest BCUT2D eigenvalue weighted by Gasteiger charge is -2.11. The summed E-state index contributed by atoms with van der Waals surface area (Å²) in [5.41, 5.74) is 0. The molecule has 0 saturated carbocycles. The third kappa shape index (κ3) is 4.57. The van der Waals surface area contributed by atoms with E-state index in [1.807, 2.05) is 0 Å². The Hall–Kier alpha value is -0.280. The molecule has 2 N–H and O–H groups in total. The largest absolute Gasteiger partial charge is 0.479 e. The fourth-order valence-corrected chi connectivity index (χ4v) is 1.16. The summed E-state index contributed by atoms with van der Waals surface area (Å²) < 4.78 is 0. The van der Waals surface area contributed by atoms with Crippen LogP contribution in [-0.4, -0.2) is 27.7 Å². The first kappa shape index (κ1) is 11.7. The first-order chi connectivity index (χ1) is 5.59. The van der Waals surface area contributed by atoms with Crippen molar-refractivity contribution in [3.8, 4) is 0 Å². The van der Waals surface area contributed by atoms with Crippen LogP contribution in [0, 0.1) is 0 Å². The Kier molecular flexibility index (Phi) is 6.11. The van der Waals surface area contributed by atoms with Crippen LogP contribution in [0.15, 0.2) is 0 Å². The second-order valence-corrected chi connectivity index (χ2v) is 3.36. The van der Waals surface area contributed by atoms with Crippen LogP contribution in [0.5, 0.6) is 0 Å². The number of aliphatic hydroxyl groups is 1. The number of rotatable bonds is 6. The number of carboxylic acid groups (broad SMARTS) is 1. The molecule has 0 aliphatic rings. The summed E-state index contributed by atoms with van der Waals surface area (Å²) >= 11 is 5.63. The molecule has 0 aliphatic heterocycles. The molecule has 3 nitrogen and oxygen atoms in total. The van der Waals surface area contributed by atoms with Gasteiger partial charge in [0.15, 0.2) is 6.10 Å². The lowest BCUT2D eigenvalue weighted by molar-refractivity contribution is -0.146. The number of hydrogen-bond acceptors (Lipinski definition) is 2. The van der Waals surface area contributed by atoms with Crippen LogP contribution in [-0.2, 0) is 4.79 Å². The van der Waals surface area contributed by atoms with Crippen molar-refractivity contribution in [3.05, 3.63) is 0 Å². The molecule has 0 aliphatic carbocycles. The van der Waals surface area contributed by atoms with E-state index in [2.05, 4.69) is 6.92 Å². The third-order valence-corrected chi connectivity index (χ3v) is 2.14. The van der Waals surface area contributed by atoms with Gasteiger partial charge in [-0.25, -0.2) is 4.79 Å². The fourth-order valence-electron chi connectivity index (χ4n) is 0.902. The predicted molar refractivity (Wildman–Crippen MR) is 47.4 cm³/mol. The van der Waals surface area contributed by atoms with E-state index >= 15 is 0 Å². The van der Waals surface area contributed by atoms with Crippen molar-refractivity contribution in [1.82, 2.24) is 0 Å². The Morgan fingerprint density at radius 2 is 2.08 bits per heavy atom. The van der Waals surface area contributed by atoms with Crippen molar-refractivity contribution in [2.75, 3.05) is 0 Å². The Bertz CT molecular complexity index is 138. The normalized spacial score (nSPS) is 15.6. The molecular weight excluding hydrogens is 180 g/mol. The van der Waals surface area contributed by atoms with Gasteiger partial charge in [-0.15, -0.1) is 11.6 Å². The predicted octanol–water partition coefficient (Wildman–Crippen LogP) is 1.62. The molecule has 0 radical (unpaired) electrons. The quantitative estimate of drug-likeness (QED) is 0.499. The van der Waals surface area contributed by atoms with Crippen molar-refractivity contribution >= 4 is 17.6 Å². The number of carbonyl (C=O) groups is 1. The Morgan fingerprint density at radius 3 is 2.50 bits per heavy atom. The average molecular weight is 195 g/mol. The summed E-state index contributed by atoms with van der Waals surface area (Å²) in [6.07, 6.45) is 2.09. The van der Waals surface area contributed by atoms with Crippen LogP contribution in [0.2, 0.25) is 0 Å². The van der Waals surface area contributed by atoms with E-state index in [0.29, 0.717) is 6.42 Å². The SMILES string of the molecule is CCCCCC(Cl)[C@H](O)C(=O)O. The van der Waals surface area contributed by atoms with E-state index in [4.69, 9.17) is 21.8 Å². The number of halogens is 1. The number of carboxylic acids is 1. The molecule has 0 fully saturated rings. The van der Waals surface area contributed by atoms with Gasteiger partial charge in [-0.3, -0.25) is 0 Å². The van der Waals surface area contributed by atoms with E-state index < -0.39 is 17.5 Å². The van der Waals surface area contributed by atoms with Crippen LogP contribution in [0.4, 0.5) is 0 Å². The molecular formula is C8H15ClO3. The second kappa shape index (κ2) is 6.26. The lowest BCUT2D eigenvalue weighted by Crippen LogP contribution is -2.29. The lowest BCUT2D eigenvalue weighted by atomic mass is 10.1. The highest BCUT2D eigenvalue weighted by Crippen LogP contribution is 2.12. The second-order valence-electron chi connectivity index (χ2n) is 2.79. The highest BCUT2D eigenvalue weighted by Gasteiger charge is 2.22. The Balaban J connectivity index is 3.56. The van der Waals surface area contributed by atoms with Gasteiger partial charge in [0.2, 0.25) is 0 Å². The van der Waals surface area contributed by atoms with Gasteiger partial charge in [0.1, 0.15) is 0 Å². The van der Waals surface area contributed by atoms with Crippen LogP contribution in [0.1, 0.15) is 32.6 Å². The van der Waals surface area contributed by atoms with Crippen molar-refractivity contribution in [1.29, 1.82) is 0 Å². The zero-order valence-corrected chi connectivity index (χ0v) is 7.92. The summed E-state index contributed by atoms with van der Waals surface area (Å²) in [7, 11) is 0. The first-order valence-corrected chi connectivity index (χ1v) is 4.58. The van der Waals surface area contributed by atoms with Gasteiger partial charge in [0.25, 0.3) is 0 Å². The minimum absolute atomic E-state index is 0.558. The average Bonchev–Trinajstić information content (AvgIpc) is 2.03. The van der Waals surface area contributed by atoms with Gasteiger partial charge in [0.05, 0.1) is 5.38 Å². The molecule has 2 atom stereocenters. The van der Waals surface area contributed by atoms with Crippen molar-refractivity contribution < 1.29 is 15.0 Å². The van der Waals surface area contributed by atoms with Crippen molar-refractivity contribution in [3.63, 3.8) is 0 Å². The zero-order chi connectivity index (χ0) is 9.56. The fraction of sp³-hybridized carbons (Fsp3) is 0.875. The number of alkyl halides is 1. The Labute approximate surface area is 77.3 Å². The molecule has 1 unspecified atom stereocenters. The first-order valence-electron chi connectivity index (χ1n) is 4.14. The zero-order valence-electron chi connectivity index (χ0n) is 7.16. The number of aliphatic carboxylic acids is 1. The van der Waals surface area contributed by atoms with E-state index in [1.165, 1.54) is 0 Å². The Morgan fingerprint density at radius 1 is 1.50 bits per heavy atom. The molecule has 0 aromatic carbocycles. The summed E-state index contributed by atoms with van der Waals surface area (Å²) in [4.78, 5) is 10.2. The van der Waals surface area contributed by atoms with Crippen molar-refractivity contribution in [2.45, 2.75) is 44.1 Å². The van der Waals surface area contributed by atoms with E-state index in [9.17, 15) is 4.79 Å². The van der Waals surface area contributed by atoms with Gasteiger partial charge in [-0.05, 0) is 6.42 Å². The molecule has 0 spiro atoms.